The van der Waals surface area contributed by atoms with Crippen LogP contribution in [0.5, 0.6) is 0 Å². The van der Waals surface area contributed by atoms with E-state index in [0.29, 0.717) is 5.56 Å². The molecule has 2 fully saturated rings. The van der Waals surface area contributed by atoms with Crippen molar-refractivity contribution in [2.45, 2.75) is 12.8 Å². The molecule has 0 atom stereocenters. The number of amides is 1. The zero-order chi connectivity index (χ0) is 13.2. The van der Waals surface area contributed by atoms with Crippen LogP contribution in [0.25, 0.3) is 0 Å². The molecule has 1 heterocycles. The quantitative estimate of drug-likeness (QED) is 0.831. The minimum atomic E-state index is -0.300. The van der Waals surface area contributed by atoms with Crippen LogP contribution in [0, 0.1) is 11.7 Å². The number of halogens is 1. The van der Waals surface area contributed by atoms with Gasteiger partial charge in [0.2, 0.25) is 0 Å². The van der Waals surface area contributed by atoms with E-state index in [4.69, 9.17) is 0 Å². The molecule has 102 valence electrons. The molecule has 19 heavy (non-hydrogen) atoms. The molecule has 3 nitrogen and oxygen atoms in total. The van der Waals surface area contributed by atoms with Gasteiger partial charge in [0.25, 0.3) is 5.91 Å². The predicted octanol–water partition coefficient (Wildman–Crippen LogP) is 1.99. The zero-order valence-corrected chi connectivity index (χ0v) is 11.0. The second kappa shape index (κ2) is 5.29. The lowest BCUT2D eigenvalue weighted by molar-refractivity contribution is 0.0632. The van der Waals surface area contributed by atoms with Gasteiger partial charge in [-0.2, -0.15) is 0 Å². The first-order valence-corrected chi connectivity index (χ1v) is 6.99. The van der Waals surface area contributed by atoms with Crippen molar-refractivity contribution in [2.24, 2.45) is 5.92 Å². The Kier molecular flexibility index (Phi) is 3.51. The van der Waals surface area contributed by atoms with Crippen molar-refractivity contribution in [3.8, 4) is 0 Å². The Bertz CT molecular complexity index is 448. The predicted molar refractivity (Wildman–Crippen MR) is 71.5 cm³/mol. The van der Waals surface area contributed by atoms with E-state index < -0.39 is 0 Å². The molecule has 1 amide bonds. The molecule has 0 spiro atoms. The summed E-state index contributed by atoms with van der Waals surface area (Å²) in [7, 11) is 0. The van der Waals surface area contributed by atoms with Crippen molar-refractivity contribution in [1.29, 1.82) is 0 Å². The summed E-state index contributed by atoms with van der Waals surface area (Å²) in [5.41, 5.74) is 0.581. The van der Waals surface area contributed by atoms with Crippen molar-refractivity contribution >= 4 is 5.91 Å². The fourth-order valence-electron chi connectivity index (χ4n) is 2.57. The molecule has 1 aliphatic carbocycles. The third kappa shape index (κ3) is 3.13. The van der Waals surface area contributed by atoms with E-state index in [0.717, 1.165) is 32.1 Å². The molecule has 0 bridgehead atoms. The fraction of sp³-hybridized carbons (Fsp3) is 0.533. The van der Waals surface area contributed by atoms with Crippen molar-refractivity contribution in [3.63, 3.8) is 0 Å². The minimum absolute atomic E-state index is 0.0195. The second-order valence-corrected chi connectivity index (χ2v) is 5.54. The van der Waals surface area contributed by atoms with E-state index in [-0.39, 0.29) is 11.7 Å². The van der Waals surface area contributed by atoms with Crippen LogP contribution in [0.1, 0.15) is 23.2 Å². The van der Waals surface area contributed by atoms with Gasteiger partial charge in [0.15, 0.2) is 0 Å². The first-order chi connectivity index (χ1) is 9.22. The molecule has 0 unspecified atom stereocenters. The molecule has 0 aromatic heterocycles. The first-order valence-electron chi connectivity index (χ1n) is 6.99. The summed E-state index contributed by atoms with van der Waals surface area (Å²) in [6, 6.07) is 5.82. The third-order valence-electron chi connectivity index (χ3n) is 3.96. The van der Waals surface area contributed by atoms with Gasteiger partial charge in [-0.1, -0.05) is 0 Å². The maximum Gasteiger partial charge on any atom is 0.253 e. The van der Waals surface area contributed by atoms with Gasteiger partial charge in [0.05, 0.1) is 0 Å². The van der Waals surface area contributed by atoms with Gasteiger partial charge in [-0.05, 0) is 43.0 Å². The smallest absolute Gasteiger partial charge is 0.253 e. The van der Waals surface area contributed by atoms with Gasteiger partial charge in [-0.25, -0.2) is 4.39 Å². The number of nitrogens with zero attached hydrogens (tertiary/aromatic N) is 2. The van der Waals surface area contributed by atoms with Gasteiger partial charge >= 0.3 is 0 Å². The second-order valence-electron chi connectivity index (χ2n) is 5.54. The standard InChI is InChI=1S/C15H19FN2O/c16-14-5-3-13(4-6-14)15(19)18-9-7-17(8-10-18)11-12-1-2-12/h3-6,12H,1-2,7-11H2. The molecule has 1 aliphatic heterocycles. The maximum atomic E-state index is 12.8. The van der Waals surface area contributed by atoms with Crippen LogP contribution in [0.2, 0.25) is 0 Å². The number of hydrogen-bond donors (Lipinski definition) is 0. The van der Waals surface area contributed by atoms with Gasteiger partial charge in [-0.3, -0.25) is 9.69 Å². The number of piperazine rings is 1. The van der Waals surface area contributed by atoms with Crippen LogP contribution in [0.3, 0.4) is 0 Å². The summed E-state index contributed by atoms with van der Waals surface area (Å²) in [4.78, 5) is 16.6. The highest BCUT2D eigenvalue weighted by Gasteiger charge is 2.27. The highest BCUT2D eigenvalue weighted by atomic mass is 19.1. The molecule has 0 radical (unpaired) electrons. The van der Waals surface area contributed by atoms with Gasteiger partial charge in [0, 0.05) is 38.3 Å². The summed E-state index contributed by atoms with van der Waals surface area (Å²) >= 11 is 0. The Morgan fingerprint density at radius 3 is 2.32 bits per heavy atom. The molecule has 0 N–H and O–H groups in total. The van der Waals surface area contributed by atoms with E-state index in [9.17, 15) is 9.18 Å². The zero-order valence-electron chi connectivity index (χ0n) is 11.0. The lowest BCUT2D eigenvalue weighted by Crippen LogP contribution is -2.49. The van der Waals surface area contributed by atoms with Crippen LogP contribution >= 0.6 is 0 Å². The molecule has 1 saturated heterocycles. The van der Waals surface area contributed by atoms with Crippen molar-refractivity contribution < 1.29 is 9.18 Å². The maximum absolute atomic E-state index is 12.8. The summed E-state index contributed by atoms with van der Waals surface area (Å²) in [5, 5.41) is 0. The van der Waals surface area contributed by atoms with Crippen molar-refractivity contribution in [3.05, 3.63) is 35.6 Å². The first kappa shape index (κ1) is 12.6. The van der Waals surface area contributed by atoms with E-state index in [1.165, 1.54) is 31.5 Å². The summed E-state index contributed by atoms with van der Waals surface area (Å²) in [6.45, 7) is 4.68. The largest absolute Gasteiger partial charge is 0.336 e. The highest BCUT2D eigenvalue weighted by molar-refractivity contribution is 5.94. The van der Waals surface area contributed by atoms with Crippen LogP contribution < -0.4 is 0 Å². The number of carbonyl (C=O) groups is 1. The summed E-state index contributed by atoms with van der Waals surface area (Å²) < 4.78 is 12.8. The Morgan fingerprint density at radius 1 is 1.11 bits per heavy atom. The van der Waals surface area contributed by atoms with Gasteiger partial charge in [-0.15, -0.1) is 0 Å². The summed E-state index contributed by atoms with van der Waals surface area (Å²) in [6.07, 6.45) is 2.74. The number of benzene rings is 1. The van der Waals surface area contributed by atoms with Crippen molar-refractivity contribution in [1.82, 2.24) is 9.80 Å². The third-order valence-corrected chi connectivity index (χ3v) is 3.96. The molecule has 1 saturated carbocycles. The van der Waals surface area contributed by atoms with Crippen LogP contribution in [0.15, 0.2) is 24.3 Å². The average molecular weight is 262 g/mol. The average Bonchev–Trinajstić information content (AvgIpc) is 3.24. The van der Waals surface area contributed by atoms with Crippen molar-refractivity contribution in [2.75, 3.05) is 32.7 Å². The fourth-order valence-corrected chi connectivity index (χ4v) is 2.57. The molecule has 4 heteroatoms. The van der Waals surface area contributed by atoms with Crippen LogP contribution in [-0.2, 0) is 0 Å². The number of rotatable bonds is 3. The molecular weight excluding hydrogens is 243 g/mol. The lowest BCUT2D eigenvalue weighted by Gasteiger charge is -2.34. The van der Waals surface area contributed by atoms with E-state index in [1.54, 1.807) is 12.1 Å². The van der Waals surface area contributed by atoms with E-state index in [1.807, 2.05) is 4.90 Å². The van der Waals surface area contributed by atoms with Gasteiger partial charge < -0.3 is 4.90 Å². The minimum Gasteiger partial charge on any atom is -0.336 e. The topological polar surface area (TPSA) is 23.6 Å². The van der Waals surface area contributed by atoms with Gasteiger partial charge in [0.1, 0.15) is 5.82 Å². The molecular formula is C15H19FN2O. The van der Waals surface area contributed by atoms with Crippen LogP contribution in [-0.4, -0.2) is 48.4 Å². The highest BCUT2D eigenvalue weighted by Crippen LogP contribution is 2.29. The molecule has 2 aliphatic rings. The SMILES string of the molecule is O=C(c1ccc(F)cc1)N1CCN(CC2CC2)CC1. The molecule has 1 aromatic rings. The Labute approximate surface area is 113 Å². The Balaban J connectivity index is 1.55. The monoisotopic (exact) mass is 262 g/mol. The van der Waals surface area contributed by atoms with Crippen LogP contribution in [0.4, 0.5) is 4.39 Å². The normalized spacial score (nSPS) is 20.6. The van der Waals surface area contributed by atoms with E-state index in [2.05, 4.69) is 4.90 Å². The lowest BCUT2D eigenvalue weighted by atomic mass is 10.1. The molecule has 1 aromatic carbocycles. The summed E-state index contributed by atoms with van der Waals surface area (Å²) in [5.74, 6) is 0.622. The number of hydrogen-bond acceptors (Lipinski definition) is 2. The van der Waals surface area contributed by atoms with E-state index >= 15 is 0 Å². The Morgan fingerprint density at radius 2 is 1.74 bits per heavy atom. The molecule has 3 rings (SSSR count). The Hall–Kier alpha value is -1.42. The number of carbonyl (C=O) groups excluding carboxylic acids is 1.